The Balaban J connectivity index is 3.82. The normalized spacial score (nSPS) is 12.5. The second-order valence-electron chi connectivity index (χ2n) is 5.00. The number of hydrogen-bond acceptors (Lipinski definition) is 1. The summed E-state index contributed by atoms with van der Waals surface area (Å²) in [7, 11) is 3.70. The van der Waals surface area contributed by atoms with Gasteiger partial charge in [0.2, 0.25) is 5.91 Å². The molecule has 0 aromatic heterocycles. The number of amides is 1. The van der Waals surface area contributed by atoms with Gasteiger partial charge in [-0.25, -0.2) is 0 Å². The SMILES string of the molecule is CCCCCCC(CCC)CC(=O)N(C)C. The zero-order chi connectivity index (χ0) is 12.4. The third-order valence-electron chi connectivity index (χ3n) is 3.12. The highest BCUT2D eigenvalue weighted by atomic mass is 16.2. The molecular weight excluding hydrogens is 198 g/mol. The van der Waals surface area contributed by atoms with Gasteiger partial charge in [0.15, 0.2) is 0 Å². The lowest BCUT2D eigenvalue weighted by Gasteiger charge is -2.18. The van der Waals surface area contributed by atoms with Crippen LogP contribution in [0.5, 0.6) is 0 Å². The lowest BCUT2D eigenvalue weighted by Crippen LogP contribution is -2.24. The fraction of sp³-hybridized carbons (Fsp3) is 0.929. The first-order chi connectivity index (χ1) is 7.61. The van der Waals surface area contributed by atoms with Gasteiger partial charge >= 0.3 is 0 Å². The average Bonchev–Trinajstić information content (AvgIpc) is 2.24. The summed E-state index contributed by atoms with van der Waals surface area (Å²) in [5.74, 6) is 0.894. The van der Waals surface area contributed by atoms with Crippen LogP contribution in [0.3, 0.4) is 0 Å². The van der Waals surface area contributed by atoms with E-state index < -0.39 is 0 Å². The van der Waals surface area contributed by atoms with Crippen LogP contribution in [0.1, 0.15) is 65.2 Å². The summed E-state index contributed by atoms with van der Waals surface area (Å²) in [6.45, 7) is 4.44. The molecule has 0 saturated heterocycles. The molecule has 0 aliphatic rings. The first-order valence-corrected chi connectivity index (χ1v) is 6.81. The van der Waals surface area contributed by atoms with Gasteiger partial charge in [-0.15, -0.1) is 0 Å². The largest absolute Gasteiger partial charge is 0.349 e. The average molecular weight is 227 g/mol. The molecule has 0 rings (SSSR count). The first kappa shape index (κ1) is 15.5. The molecule has 0 N–H and O–H groups in total. The summed E-state index contributed by atoms with van der Waals surface area (Å²) >= 11 is 0. The summed E-state index contributed by atoms with van der Waals surface area (Å²) in [6.07, 6.45) is 9.60. The quantitative estimate of drug-likeness (QED) is 0.548. The predicted octanol–water partition coefficient (Wildman–Crippen LogP) is 3.85. The molecule has 1 amide bonds. The van der Waals surface area contributed by atoms with Gasteiger partial charge in [0, 0.05) is 20.5 Å². The molecule has 0 aromatic rings. The van der Waals surface area contributed by atoms with E-state index in [1.165, 1.54) is 44.9 Å². The highest BCUT2D eigenvalue weighted by Gasteiger charge is 2.13. The first-order valence-electron chi connectivity index (χ1n) is 6.81. The zero-order valence-electron chi connectivity index (χ0n) is 11.6. The topological polar surface area (TPSA) is 20.3 Å². The van der Waals surface area contributed by atoms with Crippen molar-refractivity contribution in [1.82, 2.24) is 4.90 Å². The van der Waals surface area contributed by atoms with Gasteiger partial charge in [-0.3, -0.25) is 4.79 Å². The smallest absolute Gasteiger partial charge is 0.222 e. The summed E-state index contributed by atoms with van der Waals surface area (Å²) in [5.41, 5.74) is 0. The van der Waals surface area contributed by atoms with Crippen molar-refractivity contribution >= 4 is 5.91 Å². The maximum Gasteiger partial charge on any atom is 0.222 e. The predicted molar refractivity (Wildman–Crippen MR) is 70.5 cm³/mol. The molecule has 0 radical (unpaired) electrons. The van der Waals surface area contributed by atoms with E-state index in [1.54, 1.807) is 4.90 Å². The molecule has 2 heteroatoms. The van der Waals surface area contributed by atoms with Gasteiger partial charge in [-0.05, 0) is 12.3 Å². The third-order valence-corrected chi connectivity index (χ3v) is 3.12. The number of hydrogen-bond donors (Lipinski definition) is 0. The van der Waals surface area contributed by atoms with Gasteiger partial charge in [-0.2, -0.15) is 0 Å². The number of unbranched alkanes of at least 4 members (excludes halogenated alkanes) is 3. The number of rotatable bonds is 9. The lowest BCUT2D eigenvalue weighted by atomic mass is 9.92. The van der Waals surface area contributed by atoms with E-state index in [4.69, 9.17) is 0 Å². The van der Waals surface area contributed by atoms with E-state index in [9.17, 15) is 4.79 Å². The molecule has 0 spiro atoms. The minimum atomic E-state index is 0.286. The molecule has 0 aliphatic heterocycles. The molecule has 16 heavy (non-hydrogen) atoms. The number of carbonyl (C=O) groups is 1. The van der Waals surface area contributed by atoms with E-state index >= 15 is 0 Å². The Kier molecular flexibility index (Phi) is 9.36. The summed E-state index contributed by atoms with van der Waals surface area (Å²) in [6, 6.07) is 0. The van der Waals surface area contributed by atoms with Gasteiger partial charge in [0.1, 0.15) is 0 Å². The molecule has 0 heterocycles. The molecule has 0 bridgehead atoms. The van der Waals surface area contributed by atoms with Crippen LogP contribution in [0.2, 0.25) is 0 Å². The van der Waals surface area contributed by atoms with Crippen molar-refractivity contribution in [3.8, 4) is 0 Å². The van der Waals surface area contributed by atoms with Crippen LogP contribution in [0.25, 0.3) is 0 Å². The molecule has 1 unspecified atom stereocenters. The Morgan fingerprint density at radius 3 is 2.19 bits per heavy atom. The van der Waals surface area contributed by atoms with Crippen LogP contribution >= 0.6 is 0 Å². The fourth-order valence-corrected chi connectivity index (χ4v) is 2.05. The van der Waals surface area contributed by atoms with E-state index in [0.29, 0.717) is 5.92 Å². The molecular formula is C14H29NO. The van der Waals surface area contributed by atoms with Gasteiger partial charge in [0.25, 0.3) is 0 Å². The Morgan fingerprint density at radius 2 is 1.69 bits per heavy atom. The third kappa shape index (κ3) is 7.72. The maximum atomic E-state index is 11.6. The summed E-state index contributed by atoms with van der Waals surface area (Å²) in [5, 5.41) is 0. The van der Waals surface area contributed by atoms with Gasteiger partial charge < -0.3 is 4.90 Å². The van der Waals surface area contributed by atoms with Crippen LogP contribution < -0.4 is 0 Å². The Hall–Kier alpha value is -0.530. The van der Waals surface area contributed by atoms with Crippen LogP contribution in [-0.4, -0.2) is 24.9 Å². The molecule has 0 aromatic carbocycles. The minimum Gasteiger partial charge on any atom is -0.349 e. The van der Waals surface area contributed by atoms with E-state index in [2.05, 4.69) is 13.8 Å². The second kappa shape index (κ2) is 9.68. The lowest BCUT2D eigenvalue weighted by molar-refractivity contribution is -0.129. The van der Waals surface area contributed by atoms with Crippen molar-refractivity contribution in [2.45, 2.75) is 65.2 Å². The number of nitrogens with zero attached hydrogens (tertiary/aromatic N) is 1. The fourth-order valence-electron chi connectivity index (χ4n) is 2.05. The van der Waals surface area contributed by atoms with Crippen molar-refractivity contribution in [2.75, 3.05) is 14.1 Å². The molecule has 96 valence electrons. The van der Waals surface area contributed by atoms with E-state index in [1.807, 2.05) is 14.1 Å². The van der Waals surface area contributed by atoms with Crippen molar-refractivity contribution in [3.05, 3.63) is 0 Å². The Labute approximate surface area is 101 Å². The summed E-state index contributed by atoms with van der Waals surface area (Å²) in [4.78, 5) is 13.4. The van der Waals surface area contributed by atoms with Crippen LogP contribution in [0, 0.1) is 5.92 Å². The zero-order valence-corrected chi connectivity index (χ0v) is 11.6. The monoisotopic (exact) mass is 227 g/mol. The highest BCUT2D eigenvalue weighted by molar-refractivity contribution is 5.75. The summed E-state index contributed by atoms with van der Waals surface area (Å²) < 4.78 is 0. The van der Waals surface area contributed by atoms with E-state index in [-0.39, 0.29) is 5.91 Å². The van der Waals surface area contributed by atoms with Gasteiger partial charge in [-0.1, -0.05) is 52.4 Å². The van der Waals surface area contributed by atoms with Crippen molar-refractivity contribution in [1.29, 1.82) is 0 Å². The molecule has 0 saturated carbocycles. The standard InChI is InChI=1S/C14H29NO/c1-5-7-8-9-11-13(10-6-2)12-14(16)15(3)4/h13H,5-12H2,1-4H3. The van der Waals surface area contributed by atoms with Crippen molar-refractivity contribution < 1.29 is 4.79 Å². The van der Waals surface area contributed by atoms with Crippen LogP contribution in [0.15, 0.2) is 0 Å². The van der Waals surface area contributed by atoms with Crippen LogP contribution in [-0.2, 0) is 4.79 Å². The Morgan fingerprint density at radius 1 is 1.00 bits per heavy atom. The highest BCUT2D eigenvalue weighted by Crippen LogP contribution is 2.20. The molecule has 2 nitrogen and oxygen atoms in total. The second-order valence-corrected chi connectivity index (χ2v) is 5.00. The minimum absolute atomic E-state index is 0.286. The van der Waals surface area contributed by atoms with Crippen LogP contribution in [0.4, 0.5) is 0 Å². The molecule has 0 fully saturated rings. The van der Waals surface area contributed by atoms with Crippen molar-refractivity contribution in [2.24, 2.45) is 5.92 Å². The molecule has 0 aliphatic carbocycles. The Bertz CT molecular complexity index is 178. The molecule has 1 atom stereocenters. The van der Waals surface area contributed by atoms with Gasteiger partial charge in [0.05, 0.1) is 0 Å². The van der Waals surface area contributed by atoms with E-state index in [0.717, 1.165) is 6.42 Å². The van der Waals surface area contributed by atoms with Crippen molar-refractivity contribution in [3.63, 3.8) is 0 Å². The number of carbonyl (C=O) groups excluding carboxylic acids is 1. The maximum absolute atomic E-state index is 11.6.